The van der Waals surface area contributed by atoms with E-state index in [0.29, 0.717) is 29.8 Å². The summed E-state index contributed by atoms with van der Waals surface area (Å²) in [4.78, 5) is 3.86. The molecule has 0 spiro atoms. The molecule has 3 nitrogen and oxygen atoms in total. The van der Waals surface area contributed by atoms with Gasteiger partial charge >= 0.3 is 6.18 Å². The molecule has 2 N–H and O–H groups in total. The molecule has 158 valence electrons. The molecule has 29 heavy (non-hydrogen) atoms. The third-order valence-corrected chi connectivity index (χ3v) is 5.50. The van der Waals surface area contributed by atoms with Crippen molar-refractivity contribution in [3.8, 4) is 11.3 Å². The Morgan fingerprint density at radius 2 is 1.66 bits per heavy atom. The van der Waals surface area contributed by atoms with Gasteiger partial charge in [0.25, 0.3) is 0 Å². The van der Waals surface area contributed by atoms with Crippen LogP contribution in [0.5, 0.6) is 0 Å². The number of hydrogen-bond donors (Lipinski definition) is 2. The van der Waals surface area contributed by atoms with Crippen LogP contribution in [0.3, 0.4) is 0 Å². The van der Waals surface area contributed by atoms with Gasteiger partial charge in [0.2, 0.25) is 0 Å². The minimum absolute atomic E-state index is 0.369. The molecule has 1 heterocycles. The predicted octanol–water partition coefficient (Wildman–Crippen LogP) is 4.99. The van der Waals surface area contributed by atoms with Crippen LogP contribution in [-0.4, -0.2) is 31.2 Å². The molecule has 0 saturated heterocycles. The number of aromatic nitrogens is 1. The van der Waals surface area contributed by atoms with Crippen LogP contribution in [0.2, 0.25) is 0 Å². The Kier molecular flexibility index (Phi) is 7.67. The molecule has 0 radical (unpaired) electrons. The Morgan fingerprint density at radius 3 is 2.34 bits per heavy atom. The highest BCUT2D eigenvalue weighted by molar-refractivity contribution is 5.60. The van der Waals surface area contributed by atoms with Gasteiger partial charge in [0.1, 0.15) is 5.69 Å². The number of halogens is 3. The lowest BCUT2D eigenvalue weighted by Crippen LogP contribution is -2.31. The van der Waals surface area contributed by atoms with Gasteiger partial charge in [0.15, 0.2) is 0 Å². The van der Waals surface area contributed by atoms with Gasteiger partial charge in [-0.05, 0) is 62.9 Å². The van der Waals surface area contributed by atoms with Gasteiger partial charge < -0.3 is 10.6 Å². The summed E-state index contributed by atoms with van der Waals surface area (Å²) in [6, 6.07) is 10.3. The summed E-state index contributed by atoms with van der Waals surface area (Å²) in [7, 11) is 0. The van der Waals surface area contributed by atoms with Crippen LogP contribution in [0.25, 0.3) is 11.3 Å². The number of benzene rings is 1. The molecule has 1 fully saturated rings. The van der Waals surface area contributed by atoms with Crippen molar-refractivity contribution >= 4 is 0 Å². The molecular formula is C23H30F3N3. The maximum Gasteiger partial charge on any atom is 0.433 e. The monoisotopic (exact) mass is 405 g/mol. The van der Waals surface area contributed by atoms with E-state index in [-0.39, 0.29) is 0 Å². The molecule has 0 aliphatic heterocycles. The van der Waals surface area contributed by atoms with Crippen molar-refractivity contribution in [3.05, 3.63) is 53.2 Å². The third-order valence-electron chi connectivity index (χ3n) is 5.50. The summed E-state index contributed by atoms with van der Waals surface area (Å²) in [6.07, 6.45) is 1.43. The second kappa shape index (κ2) is 10.2. The van der Waals surface area contributed by atoms with Crippen LogP contribution < -0.4 is 10.6 Å². The Labute approximate surface area is 171 Å². The zero-order valence-electron chi connectivity index (χ0n) is 17.0. The van der Waals surface area contributed by atoms with E-state index in [1.165, 1.54) is 25.7 Å². The molecule has 0 amide bonds. The van der Waals surface area contributed by atoms with Gasteiger partial charge in [0.05, 0.1) is 5.69 Å². The van der Waals surface area contributed by atoms with Crippen LogP contribution in [-0.2, 0) is 12.6 Å². The van der Waals surface area contributed by atoms with Crippen molar-refractivity contribution in [1.29, 1.82) is 0 Å². The first-order chi connectivity index (χ1) is 13.9. The van der Waals surface area contributed by atoms with E-state index in [9.17, 15) is 13.2 Å². The fourth-order valence-electron chi connectivity index (χ4n) is 3.80. The van der Waals surface area contributed by atoms with Gasteiger partial charge in [-0.3, -0.25) is 0 Å². The summed E-state index contributed by atoms with van der Waals surface area (Å²) < 4.78 is 39.9. The standard InChI is InChI=1S/C23H30F3N3/c1-17-6-8-20(9-7-17)21-14-19(15-22(29-21)23(24,25)26)10-11-27-12-13-28-16-18-4-2-3-5-18/h6-9,14-15,18,27-28H,2-5,10-13,16H2,1H3. The predicted molar refractivity (Wildman–Crippen MR) is 111 cm³/mol. The van der Waals surface area contributed by atoms with Gasteiger partial charge in [-0.25, -0.2) is 4.98 Å². The number of pyridine rings is 1. The van der Waals surface area contributed by atoms with Crippen molar-refractivity contribution in [3.63, 3.8) is 0 Å². The average Bonchev–Trinajstić information content (AvgIpc) is 3.20. The number of hydrogen-bond acceptors (Lipinski definition) is 3. The molecule has 1 aliphatic carbocycles. The summed E-state index contributed by atoms with van der Waals surface area (Å²) in [6.45, 7) is 5.35. The molecule has 6 heteroatoms. The molecule has 1 aliphatic rings. The molecule has 1 aromatic heterocycles. The summed E-state index contributed by atoms with van der Waals surface area (Å²) in [5, 5.41) is 6.79. The van der Waals surface area contributed by atoms with E-state index in [2.05, 4.69) is 15.6 Å². The highest BCUT2D eigenvalue weighted by Gasteiger charge is 2.33. The summed E-state index contributed by atoms with van der Waals surface area (Å²) in [5.74, 6) is 0.813. The Hall–Kier alpha value is -1.92. The highest BCUT2D eigenvalue weighted by atomic mass is 19.4. The van der Waals surface area contributed by atoms with E-state index < -0.39 is 11.9 Å². The molecule has 0 bridgehead atoms. The van der Waals surface area contributed by atoms with Crippen LogP contribution in [0.4, 0.5) is 13.2 Å². The van der Waals surface area contributed by atoms with E-state index in [1.54, 1.807) is 6.07 Å². The van der Waals surface area contributed by atoms with Crippen LogP contribution in [0, 0.1) is 12.8 Å². The van der Waals surface area contributed by atoms with Crippen molar-refractivity contribution in [1.82, 2.24) is 15.6 Å². The second-order valence-corrected chi connectivity index (χ2v) is 7.96. The van der Waals surface area contributed by atoms with Crippen molar-refractivity contribution in [2.75, 3.05) is 26.2 Å². The molecule has 2 aromatic rings. The molecular weight excluding hydrogens is 375 g/mol. The quantitative estimate of drug-likeness (QED) is 0.577. The molecule has 0 unspecified atom stereocenters. The maximum atomic E-state index is 13.3. The fraction of sp³-hybridized carbons (Fsp3) is 0.522. The third kappa shape index (κ3) is 6.82. The zero-order valence-corrected chi connectivity index (χ0v) is 17.0. The largest absolute Gasteiger partial charge is 0.433 e. The number of alkyl halides is 3. The Balaban J connectivity index is 1.53. The first kappa shape index (κ1) is 21.8. The lowest BCUT2D eigenvalue weighted by Gasteiger charge is -2.13. The second-order valence-electron chi connectivity index (χ2n) is 7.96. The summed E-state index contributed by atoms with van der Waals surface area (Å²) in [5.41, 5.74) is 1.95. The number of nitrogens with one attached hydrogen (secondary N) is 2. The van der Waals surface area contributed by atoms with E-state index in [1.807, 2.05) is 31.2 Å². The van der Waals surface area contributed by atoms with E-state index in [4.69, 9.17) is 0 Å². The topological polar surface area (TPSA) is 37.0 Å². The summed E-state index contributed by atoms with van der Waals surface area (Å²) >= 11 is 0. The molecule has 1 saturated carbocycles. The van der Waals surface area contributed by atoms with Crippen molar-refractivity contribution in [2.45, 2.75) is 45.2 Å². The van der Waals surface area contributed by atoms with Crippen molar-refractivity contribution < 1.29 is 13.2 Å². The number of aryl methyl sites for hydroxylation is 1. The zero-order chi connectivity index (χ0) is 20.7. The Bertz CT molecular complexity index is 766. The van der Waals surface area contributed by atoms with Gasteiger partial charge in [-0.2, -0.15) is 13.2 Å². The van der Waals surface area contributed by atoms with Gasteiger partial charge in [0, 0.05) is 18.7 Å². The minimum Gasteiger partial charge on any atom is -0.315 e. The van der Waals surface area contributed by atoms with Crippen LogP contribution >= 0.6 is 0 Å². The highest BCUT2D eigenvalue weighted by Crippen LogP contribution is 2.31. The molecule has 1 aromatic carbocycles. The molecule has 0 atom stereocenters. The van der Waals surface area contributed by atoms with Crippen LogP contribution in [0.15, 0.2) is 36.4 Å². The molecule has 3 rings (SSSR count). The van der Waals surface area contributed by atoms with Gasteiger partial charge in [-0.1, -0.05) is 42.7 Å². The number of rotatable bonds is 9. The van der Waals surface area contributed by atoms with E-state index >= 15 is 0 Å². The van der Waals surface area contributed by atoms with Gasteiger partial charge in [-0.15, -0.1) is 0 Å². The Morgan fingerprint density at radius 1 is 0.966 bits per heavy atom. The maximum absolute atomic E-state index is 13.3. The van der Waals surface area contributed by atoms with Crippen molar-refractivity contribution in [2.24, 2.45) is 5.92 Å². The fourth-order valence-corrected chi connectivity index (χ4v) is 3.80. The smallest absolute Gasteiger partial charge is 0.315 e. The van der Waals surface area contributed by atoms with E-state index in [0.717, 1.165) is 37.2 Å². The number of nitrogens with zero attached hydrogens (tertiary/aromatic N) is 1. The first-order valence-corrected chi connectivity index (χ1v) is 10.5. The SMILES string of the molecule is Cc1ccc(-c2cc(CCNCCNCC3CCCC3)cc(C(F)(F)F)n2)cc1. The lowest BCUT2D eigenvalue weighted by molar-refractivity contribution is -0.141. The van der Waals surface area contributed by atoms with Crippen LogP contribution in [0.1, 0.15) is 42.5 Å². The normalized spacial score (nSPS) is 15.2. The minimum atomic E-state index is -4.45. The average molecular weight is 406 g/mol. The lowest BCUT2D eigenvalue weighted by atomic mass is 10.0. The first-order valence-electron chi connectivity index (χ1n) is 10.5.